The molecule has 0 radical (unpaired) electrons. The van der Waals surface area contributed by atoms with Gasteiger partial charge < -0.3 is 10.1 Å². The predicted molar refractivity (Wildman–Crippen MR) is 116 cm³/mol. The normalized spacial score (nSPS) is 13.0. The van der Waals surface area contributed by atoms with E-state index in [1.807, 2.05) is 61.5 Å². The molecular weight excluding hydrogens is 384 g/mol. The van der Waals surface area contributed by atoms with Crippen LogP contribution in [-0.4, -0.2) is 29.5 Å². The number of ether oxygens (including phenoxy) is 1. The highest BCUT2D eigenvalue weighted by Gasteiger charge is 2.18. The molecule has 0 bridgehead atoms. The minimum Gasteiger partial charge on any atom is -0.453 e. The van der Waals surface area contributed by atoms with Crippen LogP contribution in [0, 0.1) is 0 Å². The zero-order valence-corrected chi connectivity index (χ0v) is 17.6. The van der Waals surface area contributed by atoms with Crippen molar-refractivity contribution >= 4 is 33.4 Å². The number of esters is 1. The molecule has 6 heteroatoms. The fourth-order valence-corrected chi connectivity index (χ4v) is 4.03. The van der Waals surface area contributed by atoms with E-state index in [1.54, 1.807) is 18.3 Å². The van der Waals surface area contributed by atoms with Crippen molar-refractivity contribution in [2.24, 2.45) is 0 Å². The van der Waals surface area contributed by atoms with Crippen LogP contribution in [0.3, 0.4) is 0 Å². The summed E-state index contributed by atoms with van der Waals surface area (Å²) in [6.45, 7) is 4.16. The standard InChI is InChI=1S/C23H26N2O3S/c1-16(18-9-4-3-5-10-18)15-24-23(27)17(2)28-22(26)14-8-13-21-25-19-11-6-7-12-20(19)29-21/h3-7,9-12,16-17H,8,13-15H2,1-2H3,(H,24,27)/t16-,17+/m0/s1. The second-order valence-electron chi connectivity index (χ2n) is 7.12. The Morgan fingerprint density at radius 2 is 1.79 bits per heavy atom. The quantitative estimate of drug-likeness (QED) is 0.529. The maximum Gasteiger partial charge on any atom is 0.306 e. The minimum absolute atomic E-state index is 0.192. The van der Waals surface area contributed by atoms with Crippen molar-refractivity contribution in [1.82, 2.24) is 10.3 Å². The Hall–Kier alpha value is -2.73. The first-order chi connectivity index (χ1) is 14.0. The molecule has 1 heterocycles. The maximum absolute atomic E-state index is 12.2. The first-order valence-corrected chi connectivity index (χ1v) is 10.7. The average Bonchev–Trinajstić information content (AvgIpc) is 3.15. The number of benzene rings is 2. The van der Waals surface area contributed by atoms with E-state index in [0.29, 0.717) is 13.0 Å². The summed E-state index contributed by atoms with van der Waals surface area (Å²) >= 11 is 1.65. The van der Waals surface area contributed by atoms with E-state index in [4.69, 9.17) is 4.74 Å². The van der Waals surface area contributed by atoms with Gasteiger partial charge in [0.15, 0.2) is 6.10 Å². The molecule has 1 N–H and O–H groups in total. The van der Waals surface area contributed by atoms with E-state index < -0.39 is 6.10 Å². The van der Waals surface area contributed by atoms with Crippen molar-refractivity contribution < 1.29 is 14.3 Å². The van der Waals surface area contributed by atoms with Crippen molar-refractivity contribution in [3.05, 3.63) is 65.2 Å². The number of hydrogen-bond donors (Lipinski definition) is 1. The summed E-state index contributed by atoms with van der Waals surface area (Å²) in [7, 11) is 0. The molecule has 0 aliphatic rings. The molecule has 0 aliphatic heterocycles. The van der Waals surface area contributed by atoms with E-state index in [0.717, 1.165) is 27.2 Å². The van der Waals surface area contributed by atoms with Crippen LogP contribution >= 0.6 is 11.3 Å². The molecule has 0 aliphatic carbocycles. The van der Waals surface area contributed by atoms with Crippen LogP contribution in [0.4, 0.5) is 0 Å². The summed E-state index contributed by atoms with van der Waals surface area (Å²) in [5.41, 5.74) is 2.15. The summed E-state index contributed by atoms with van der Waals surface area (Å²) in [5, 5.41) is 3.87. The number of nitrogens with zero attached hydrogens (tertiary/aromatic N) is 1. The van der Waals surface area contributed by atoms with E-state index in [2.05, 4.69) is 10.3 Å². The van der Waals surface area contributed by atoms with Crippen molar-refractivity contribution in [1.29, 1.82) is 0 Å². The van der Waals surface area contributed by atoms with E-state index in [1.165, 1.54) is 0 Å². The van der Waals surface area contributed by atoms with Crippen LogP contribution < -0.4 is 5.32 Å². The Labute approximate surface area is 175 Å². The molecule has 152 valence electrons. The first kappa shape index (κ1) is 21.0. The number of carbonyl (C=O) groups excluding carboxylic acids is 2. The molecule has 1 amide bonds. The van der Waals surface area contributed by atoms with E-state index in [9.17, 15) is 9.59 Å². The lowest BCUT2D eigenvalue weighted by molar-refractivity contribution is -0.154. The first-order valence-electron chi connectivity index (χ1n) is 9.89. The zero-order chi connectivity index (χ0) is 20.6. The Morgan fingerprint density at radius 1 is 1.07 bits per heavy atom. The third-order valence-corrected chi connectivity index (χ3v) is 5.83. The van der Waals surface area contributed by atoms with Crippen molar-refractivity contribution in [2.45, 2.75) is 45.1 Å². The molecule has 2 aromatic carbocycles. The maximum atomic E-state index is 12.2. The highest BCUT2D eigenvalue weighted by atomic mass is 32.1. The highest BCUT2D eigenvalue weighted by Crippen LogP contribution is 2.22. The van der Waals surface area contributed by atoms with Gasteiger partial charge in [0.05, 0.1) is 15.2 Å². The van der Waals surface area contributed by atoms with Crippen molar-refractivity contribution in [3.8, 4) is 0 Å². The number of thiazole rings is 1. The Kier molecular flexibility index (Phi) is 7.36. The highest BCUT2D eigenvalue weighted by molar-refractivity contribution is 7.18. The number of rotatable bonds is 9. The average molecular weight is 411 g/mol. The lowest BCUT2D eigenvalue weighted by Crippen LogP contribution is -2.37. The molecule has 1 aromatic heterocycles. The third-order valence-electron chi connectivity index (χ3n) is 4.74. The number of nitrogens with one attached hydrogen (secondary N) is 1. The molecule has 0 unspecified atom stereocenters. The molecule has 0 saturated carbocycles. The van der Waals surface area contributed by atoms with Gasteiger partial charge in [-0.05, 0) is 43.4 Å². The SMILES string of the molecule is C[C@@H](OC(=O)CCCc1nc2ccccc2s1)C(=O)NC[C@H](C)c1ccccc1. The van der Waals surface area contributed by atoms with Gasteiger partial charge in [-0.1, -0.05) is 49.4 Å². The van der Waals surface area contributed by atoms with Gasteiger partial charge in [-0.2, -0.15) is 0 Å². The number of aromatic nitrogens is 1. The zero-order valence-electron chi connectivity index (χ0n) is 16.8. The monoisotopic (exact) mass is 410 g/mol. The number of hydrogen-bond acceptors (Lipinski definition) is 5. The Bertz CT molecular complexity index is 922. The van der Waals surface area contributed by atoms with E-state index >= 15 is 0 Å². The number of amides is 1. The van der Waals surface area contributed by atoms with Crippen LogP contribution in [0.1, 0.15) is 43.2 Å². The Balaban J connectivity index is 1.37. The van der Waals surface area contributed by atoms with Crippen LogP contribution in [-0.2, 0) is 20.7 Å². The summed E-state index contributed by atoms with van der Waals surface area (Å²) in [4.78, 5) is 28.8. The largest absolute Gasteiger partial charge is 0.453 e. The summed E-state index contributed by atoms with van der Waals surface area (Å²) in [5.74, 6) is -0.436. The minimum atomic E-state index is -0.798. The molecule has 3 rings (SSSR count). The molecule has 0 spiro atoms. The molecular formula is C23H26N2O3S. The smallest absolute Gasteiger partial charge is 0.306 e. The van der Waals surface area contributed by atoms with Gasteiger partial charge in [0.1, 0.15) is 0 Å². The molecule has 2 atom stereocenters. The molecule has 3 aromatic rings. The number of carbonyl (C=O) groups is 2. The van der Waals surface area contributed by atoms with Crippen molar-refractivity contribution in [3.63, 3.8) is 0 Å². The van der Waals surface area contributed by atoms with Gasteiger partial charge in [-0.3, -0.25) is 9.59 Å². The lowest BCUT2D eigenvalue weighted by atomic mass is 10.0. The summed E-state index contributed by atoms with van der Waals surface area (Å²) < 4.78 is 6.43. The summed E-state index contributed by atoms with van der Waals surface area (Å²) in [6, 6.07) is 18.0. The lowest BCUT2D eigenvalue weighted by Gasteiger charge is -2.16. The van der Waals surface area contributed by atoms with Gasteiger partial charge >= 0.3 is 5.97 Å². The number of fused-ring (bicyclic) bond motifs is 1. The van der Waals surface area contributed by atoms with Crippen LogP contribution in [0.15, 0.2) is 54.6 Å². The van der Waals surface area contributed by atoms with Crippen LogP contribution in [0.2, 0.25) is 0 Å². The fourth-order valence-electron chi connectivity index (χ4n) is 3.02. The molecule has 0 saturated heterocycles. The van der Waals surface area contributed by atoms with Crippen molar-refractivity contribution in [2.75, 3.05) is 6.54 Å². The fraction of sp³-hybridized carbons (Fsp3) is 0.348. The van der Waals surface area contributed by atoms with Gasteiger partial charge in [-0.25, -0.2) is 4.98 Å². The van der Waals surface area contributed by atoms with Crippen LogP contribution in [0.25, 0.3) is 10.2 Å². The topological polar surface area (TPSA) is 68.3 Å². The second kappa shape index (κ2) is 10.2. The van der Waals surface area contributed by atoms with Gasteiger partial charge in [0.25, 0.3) is 5.91 Å². The van der Waals surface area contributed by atoms with Gasteiger partial charge in [0.2, 0.25) is 0 Å². The molecule has 29 heavy (non-hydrogen) atoms. The van der Waals surface area contributed by atoms with Crippen LogP contribution in [0.5, 0.6) is 0 Å². The van der Waals surface area contributed by atoms with E-state index in [-0.39, 0.29) is 24.2 Å². The summed E-state index contributed by atoms with van der Waals surface area (Å²) in [6.07, 6.45) is 0.850. The number of aryl methyl sites for hydroxylation is 1. The Morgan fingerprint density at radius 3 is 2.55 bits per heavy atom. The third kappa shape index (κ3) is 6.12. The van der Waals surface area contributed by atoms with Gasteiger partial charge in [-0.15, -0.1) is 11.3 Å². The molecule has 0 fully saturated rings. The molecule has 5 nitrogen and oxygen atoms in total. The predicted octanol–water partition coefficient (Wildman–Crippen LogP) is 4.47. The van der Waals surface area contributed by atoms with Gasteiger partial charge in [0, 0.05) is 13.0 Å². The number of para-hydroxylation sites is 1. The second-order valence-corrected chi connectivity index (χ2v) is 8.23.